The molecule has 1 aliphatic rings. The number of fused-ring (bicyclic) bond motifs is 1. The Balaban J connectivity index is 2.37. The number of aryl methyl sites for hydroxylation is 1. The van der Waals surface area contributed by atoms with Crippen molar-refractivity contribution in [1.82, 2.24) is 5.32 Å². The monoisotopic (exact) mass is 236 g/mol. The lowest BCUT2D eigenvalue weighted by molar-refractivity contribution is 0.171. The van der Waals surface area contributed by atoms with Gasteiger partial charge in [0, 0.05) is 20.2 Å². The zero-order valence-electron chi connectivity index (χ0n) is 10.2. The van der Waals surface area contributed by atoms with Crippen molar-refractivity contribution in [3.8, 4) is 11.5 Å². The van der Waals surface area contributed by atoms with Gasteiger partial charge in [-0.05, 0) is 18.6 Å². The third kappa shape index (κ3) is 2.13. The number of rotatable bonds is 1. The van der Waals surface area contributed by atoms with E-state index in [4.69, 9.17) is 9.47 Å². The Bertz CT molecular complexity index is 446. The van der Waals surface area contributed by atoms with Crippen LogP contribution in [0.25, 0.3) is 0 Å². The van der Waals surface area contributed by atoms with Crippen LogP contribution >= 0.6 is 0 Å². The number of anilines is 1. The molecule has 1 N–H and O–H groups in total. The highest BCUT2D eigenvalue weighted by molar-refractivity contribution is 5.92. The summed E-state index contributed by atoms with van der Waals surface area (Å²) in [4.78, 5) is 13.1. The Morgan fingerprint density at radius 1 is 1.29 bits per heavy atom. The molecule has 0 unspecified atom stereocenters. The normalized spacial score (nSPS) is 13.1. The lowest BCUT2D eigenvalue weighted by Crippen LogP contribution is -2.35. The minimum absolute atomic E-state index is 0.162. The Kier molecular flexibility index (Phi) is 3.08. The summed E-state index contributed by atoms with van der Waals surface area (Å²) < 4.78 is 11.0. The Morgan fingerprint density at radius 2 is 1.88 bits per heavy atom. The molecule has 1 aromatic carbocycles. The van der Waals surface area contributed by atoms with Gasteiger partial charge in [-0.3, -0.25) is 4.90 Å². The molecular formula is C12H16N2O3. The maximum absolute atomic E-state index is 11.6. The molecule has 2 amide bonds. The molecule has 0 saturated carbocycles. The molecule has 5 nitrogen and oxygen atoms in total. The number of hydrogen-bond acceptors (Lipinski definition) is 3. The highest BCUT2D eigenvalue weighted by Gasteiger charge is 2.18. The number of ether oxygens (including phenoxy) is 2. The largest absolute Gasteiger partial charge is 0.486 e. The van der Waals surface area contributed by atoms with Crippen LogP contribution < -0.4 is 19.7 Å². The smallest absolute Gasteiger partial charge is 0.321 e. The highest BCUT2D eigenvalue weighted by atomic mass is 16.6. The maximum atomic E-state index is 11.6. The van der Waals surface area contributed by atoms with Gasteiger partial charge in [-0.1, -0.05) is 0 Å². The number of carbonyl (C=O) groups is 1. The van der Waals surface area contributed by atoms with Crippen LogP contribution in [0, 0.1) is 6.92 Å². The minimum atomic E-state index is -0.162. The van der Waals surface area contributed by atoms with E-state index in [1.807, 2.05) is 19.1 Å². The fourth-order valence-corrected chi connectivity index (χ4v) is 1.82. The van der Waals surface area contributed by atoms with Crippen molar-refractivity contribution < 1.29 is 14.3 Å². The number of hydrogen-bond donors (Lipinski definition) is 1. The number of nitrogens with one attached hydrogen (secondary N) is 1. The number of nitrogens with zero attached hydrogens (tertiary/aromatic N) is 1. The topological polar surface area (TPSA) is 50.8 Å². The summed E-state index contributed by atoms with van der Waals surface area (Å²) >= 11 is 0. The fourth-order valence-electron chi connectivity index (χ4n) is 1.82. The SMILES string of the molecule is CNC(=O)N(C)c1cc2c(cc1C)OCCO2. The lowest BCUT2D eigenvalue weighted by atomic mass is 10.1. The summed E-state index contributed by atoms with van der Waals surface area (Å²) in [6.45, 7) is 3.04. The van der Waals surface area contributed by atoms with Gasteiger partial charge in [-0.15, -0.1) is 0 Å². The van der Waals surface area contributed by atoms with E-state index < -0.39 is 0 Å². The summed E-state index contributed by atoms with van der Waals surface area (Å²) in [5.74, 6) is 1.43. The Hall–Kier alpha value is -1.91. The van der Waals surface area contributed by atoms with Crippen LogP contribution in [-0.4, -0.2) is 33.3 Å². The second kappa shape index (κ2) is 4.53. The summed E-state index contributed by atoms with van der Waals surface area (Å²) in [6, 6.07) is 3.56. The predicted molar refractivity (Wildman–Crippen MR) is 65.0 cm³/mol. The zero-order valence-corrected chi connectivity index (χ0v) is 10.2. The van der Waals surface area contributed by atoms with E-state index in [2.05, 4.69) is 5.32 Å². The van der Waals surface area contributed by atoms with Crippen molar-refractivity contribution in [3.63, 3.8) is 0 Å². The molecule has 1 heterocycles. The van der Waals surface area contributed by atoms with Crippen molar-refractivity contribution >= 4 is 11.7 Å². The first-order chi connectivity index (χ1) is 8.13. The van der Waals surface area contributed by atoms with Crippen LogP contribution in [0.4, 0.5) is 10.5 Å². The molecule has 1 aromatic rings. The molecule has 0 atom stereocenters. The van der Waals surface area contributed by atoms with Gasteiger partial charge in [0.2, 0.25) is 0 Å². The van der Waals surface area contributed by atoms with Gasteiger partial charge in [0.1, 0.15) is 13.2 Å². The van der Waals surface area contributed by atoms with E-state index in [-0.39, 0.29) is 6.03 Å². The van der Waals surface area contributed by atoms with Gasteiger partial charge in [0.05, 0.1) is 5.69 Å². The van der Waals surface area contributed by atoms with Crippen molar-refractivity contribution in [2.45, 2.75) is 6.92 Å². The fraction of sp³-hybridized carbons (Fsp3) is 0.417. The molecule has 17 heavy (non-hydrogen) atoms. The molecule has 1 aliphatic heterocycles. The molecule has 2 rings (SSSR count). The average Bonchev–Trinajstić information content (AvgIpc) is 2.36. The van der Waals surface area contributed by atoms with E-state index >= 15 is 0 Å². The number of carbonyl (C=O) groups excluding carboxylic acids is 1. The maximum Gasteiger partial charge on any atom is 0.321 e. The molecular weight excluding hydrogens is 220 g/mol. The molecule has 0 fully saturated rings. The molecule has 0 bridgehead atoms. The van der Waals surface area contributed by atoms with Gasteiger partial charge >= 0.3 is 6.03 Å². The molecule has 0 aromatic heterocycles. The molecule has 92 valence electrons. The molecule has 0 saturated heterocycles. The first-order valence-corrected chi connectivity index (χ1v) is 5.49. The third-order valence-corrected chi connectivity index (χ3v) is 2.74. The van der Waals surface area contributed by atoms with Gasteiger partial charge in [0.15, 0.2) is 11.5 Å². The van der Waals surface area contributed by atoms with Crippen molar-refractivity contribution in [1.29, 1.82) is 0 Å². The van der Waals surface area contributed by atoms with Crippen LogP contribution in [0.3, 0.4) is 0 Å². The van der Waals surface area contributed by atoms with E-state index in [1.54, 1.807) is 19.0 Å². The molecule has 0 spiro atoms. The van der Waals surface area contributed by atoms with Gasteiger partial charge in [0.25, 0.3) is 0 Å². The van der Waals surface area contributed by atoms with E-state index in [0.29, 0.717) is 19.0 Å². The van der Waals surface area contributed by atoms with Crippen LogP contribution in [0.5, 0.6) is 11.5 Å². The van der Waals surface area contributed by atoms with Crippen LogP contribution in [-0.2, 0) is 0 Å². The van der Waals surface area contributed by atoms with Crippen molar-refractivity contribution in [2.24, 2.45) is 0 Å². The van der Waals surface area contributed by atoms with Crippen LogP contribution in [0.1, 0.15) is 5.56 Å². The molecule has 0 aliphatic carbocycles. The number of urea groups is 1. The van der Waals surface area contributed by atoms with Gasteiger partial charge in [-0.25, -0.2) is 4.79 Å². The third-order valence-electron chi connectivity index (χ3n) is 2.74. The summed E-state index contributed by atoms with van der Waals surface area (Å²) in [7, 11) is 3.32. The van der Waals surface area contributed by atoms with E-state index in [9.17, 15) is 4.79 Å². The minimum Gasteiger partial charge on any atom is -0.486 e. The molecule has 5 heteroatoms. The van der Waals surface area contributed by atoms with Crippen molar-refractivity contribution in [2.75, 3.05) is 32.2 Å². The Labute approximate surface area is 100 Å². The van der Waals surface area contributed by atoms with E-state index in [1.165, 1.54) is 0 Å². The second-order valence-electron chi connectivity index (χ2n) is 3.90. The Morgan fingerprint density at radius 3 is 2.47 bits per heavy atom. The summed E-state index contributed by atoms with van der Waals surface area (Å²) in [5, 5.41) is 2.59. The van der Waals surface area contributed by atoms with Gasteiger partial charge < -0.3 is 14.8 Å². The van der Waals surface area contributed by atoms with Gasteiger partial charge in [-0.2, -0.15) is 0 Å². The lowest BCUT2D eigenvalue weighted by Gasteiger charge is -2.24. The second-order valence-corrected chi connectivity index (χ2v) is 3.90. The number of amides is 2. The van der Waals surface area contributed by atoms with Crippen molar-refractivity contribution in [3.05, 3.63) is 17.7 Å². The predicted octanol–water partition coefficient (Wildman–Crippen LogP) is 1.54. The van der Waals surface area contributed by atoms with Crippen LogP contribution in [0.15, 0.2) is 12.1 Å². The first-order valence-electron chi connectivity index (χ1n) is 5.49. The standard InChI is InChI=1S/C12H16N2O3/c1-8-6-10-11(17-5-4-16-10)7-9(8)14(3)12(15)13-2/h6-7H,4-5H2,1-3H3,(H,13,15). The first kappa shape index (κ1) is 11.6. The number of benzene rings is 1. The zero-order chi connectivity index (χ0) is 12.4. The van der Waals surface area contributed by atoms with E-state index in [0.717, 1.165) is 17.0 Å². The average molecular weight is 236 g/mol. The van der Waals surface area contributed by atoms with Crippen LogP contribution in [0.2, 0.25) is 0 Å². The quantitative estimate of drug-likeness (QED) is 0.804. The summed E-state index contributed by atoms with van der Waals surface area (Å²) in [5.41, 5.74) is 1.79. The molecule has 0 radical (unpaired) electrons. The highest BCUT2D eigenvalue weighted by Crippen LogP contribution is 2.36. The summed E-state index contributed by atoms with van der Waals surface area (Å²) in [6.07, 6.45) is 0.